The van der Waals surface area contributed by atoms with Crippen LogP contribution >= 0.6 is 0 Å². The normalized spacial score (nSPS) is 11.0. The van der Waals surface area contributed by atoms with Gasteiger partial charge in [0.25, 0.3) is 5.91 Å². The van der Waals surface area contributed by atoms with Crippen molar-refractivity contribution in [1.82, 2.24) is 4.98 Å². The van der Waals surface area contributed by atoms with Crippen molar-refractivity contribution in [3.8, 4) is 11.5 Å². The zero-order chi connectivity index (χ0) is 18.1. The highest BCUT2D eigenvalue weighted by atomic mass is 16.3. The third kappa shape index (κ3) is 2.99. The van der Waals surface area contributed by atoms with E-state index in [9.17, 15) is 4.79 Å². The van der Waals surface area contributed by atoms with Gasteiger partial charge in [0, 0.05) is 11.3 Å². The maximum atomic E-state index is 12.2. The van der Waals surface area contributed by atoms with Crippen molar-refractivity contribution in [1.29, 1.82) is 0 Å². The fraction of sp³-hybridized carbons (Fsp3) is 0.143. The Morgan fingerprint density at radius 2 is 2.04 bits per heavy atom. The van der Waals surface area contributed by atoms with Crippen molar-refractivity contribution >= 4 is 22.7 Å². The van der Waals surface area contributed by atoms with Gasteiger partial charge in [-0.2, -0.15) is 0 Å². The lowest BCUT2D eigenvalue weighted by Gasteiger charge is -2.08. The van der Waals surface area contributed by atoms with Crippen LogP contribution in [0.15, 0.2) is 63.6 Å². The summed E-state index contributed by atoms with van der Waals surface area (Å²) in [6.07, 6.45) is 2.42. The number of carbonyl (C=O) groups is 1. The third-order valence-electron chi connectivity index (χ3n) is 4.34. The van der Waals surface area contributed by atoms with E-state index in [2.05, 4.69) is 17.2 Å². The van der Waals surface area contributed by atoms with Gasteiger partial charge in [0.05, 0.1) is 6.26 Å². The van der Waals surface area contributed by atoms with Gasteiger partial charge in [-0.05, 0) is 60.9 Å². The lowest BCUT2D eigenvalue weighted by atomic mass is 10.1. The number of hydrogen-bond acceptors (Lipinski definition) is 4. The molecule has 0 bridgehead atoms. The monoisotopic (exact) mass is 346 g/mol. The molecule has 0 saturated heterocycles. The average Bonchev–Trinajstić information content (AvgIpc) is 3.32. The summed E-state index contributed by atoms with van der Waals surface area (Å²) in [6, 6.07) is 15.1. The summed E-state index contributed by atoms with van der Waals surface area (Å²) < 4.78 is 11.0. The lowest BCUT2D eigenvalue weighted by Crippen LogP contribution is -2.11. The molecule has 4 rings (SSSR count). The summed E-state index contributed by atoms with van der Waals surface area (Å²) >= 11 is 0. The van der Waals surface area contributed by atoms with Crippen molar-refractivity contribution in [2.45, 2.75) is 20.3 Å². The van der Waals surface area contributed by atoms with E-state index in [1.807, 2.05) is 43.3 Å². The Bertz CT molecular complexity index is 1080. The highest BCUT2D eigenvalue weighted by Gasteiger charge is 2.13. The second-order valence-corrected chi connectivity index (χ2v) is 6.14. The first kappa shape index (κ1) is 16.1. The number of carbonyl (C=O) groups excluding carboxylic acids is 1. The molecule has 0 saturated carbocycles. The van der Waals surface area contributed by atoms with Gasteiger partial charge >= 0.3 is 0 Å². The average molecular weight is 346 g/mol. The van der Waals surface area contributed by atoms with E-state index in [0.29, 0.717) is 11.6 Å². The van der Waals surface area contributed by atoms with Crippen LogP contribution in [0.1, 0.15) is 28.6 Å². The molecule has 0 radical (unpaired) electrons. The molecule has 0 aliphatic heterocycles. The number of benzene rings is 2. The molecule has 0 aliphatic rings. The van der Waals surface area contributed by atoms with Crippen LogP contribution in [0.3, 0.4) is 0 Å². The molecule has 130 valence electrons. The van der Waals surface area contributed by atoms with Gasteiger partial charge in [-0.15, -0.1) is 0 Å². The van der Waals surface area contributed by atoms with Crippen molar-refractivity contribution in [2.24, 2.45) is 0 Å². The van der Waals surface area contributed by atoms with Crippen molar-refractivity contribution in [3.05, 3.63) is 71.7 Å². The molecule has 26 heavy (non-hydrogen) atoms. The molecule has 0 unspecified atom stereocenters. The standard InChI is InChI=1S/C21H18N2O3/c1-3-14-7-9-18-17(11-14)23-21(26-18)15-8-6-13(2)16(12-15)22-20(24)19-5-4-10-25-19/h4-12H,3H2,1-2H3,(H,22,24). The van der Waals surface area contributed by atoms with Gasteiger partial charge in [0.1, 0.15) is 5.52 Å². The number of oxazole rings is 1. The predicted molar refractivity (Wildman–Crippen MR) is 100 cm³/mol. The molecule has 2 heterocycles. The van der Waals surface area contributed by atoms with Crippen molar-refractivity contribution in [2.75, 3.05) is 5.32 Å². The van der Waals surface area contributed by atoms with Crippen LogP contribution in [-0.4, -0.2) is 10.9 Å². The molecular formula is C21H18N2O3. The second-order valence-electron chi connectivity index (χ2n) is 6.14. The molecule has 5 nitrogen and oxygen atoms in total. The van der Waals surface area contributed by atoms with Crippen LogP contribution in [0, 0.1) is 6.92 Å². The number of rotatable bonds is 4. The first-order valence-electron chi connectivity index (χ1n) is 8.49. The van der Waals surface area contributed by atoms with Gasteiger partial charge in [-0.1, -0.05) is 19.1 Å². The van der Waals surface area contributed by atoms with Crippen molar-refractivity contribution < 1.29 is 13.6 Å². The van der Waals surface area contributed by atoms with Crippen LogP contribution in [0.5, 0.6) is 0 Å². The minimum Gasteiger partial charge on any atom is -0.459 e. The summed E-state index contributed by atoms with van der Waals surface area (Å²) in [5.74, 6) is 0.505. The fourth-order valence-corrected chi connectivity index (χ4v) is 2.80. The zero-order valence-corrected chi connectivity index (χ0v) is 14.6. The topological polar surface area (TPSA) is 68.3 Å². The van der Waals surface area contributed by atoms with Gasteiger partial charge in [0.15, 0.2) is 11.3 Å². The van der Waals surface area contributed by atoms with Crippen LogP contribution in [-0.2, 0) is 6.42 Å². The number of fused-ring (bicyclic) bond motifs is 1. The molecule has 5 heteroatoms. The number of furan rings is 1. The Hall–Kier alpha value is -3.34. The molecular weight excluding hydrogens is 328 g/mol. The number of hydrogen-bond donors (Lipinski definition) is 1. The first-order valence-corrected chi connectivity index (χ1v) is 8.49. The Balaban J connectivity index is 1.68. The maximum Gasteiger partial charge on any atom is 0.291 e. The van der Waals surface area contributed by atoms with Crippen LogP contribution in [0.25, 0.3) is 22.6 Å². The summed E-state index contributed by atoms with van der Waals surface area (Å²) in [4.78, 5) is 16.8. The maximum absolute atomic E-state index is 12.2. The minimum atomic E-state index is -0.291. The minimum absolute atomic E-state index is 0.267. The smallest absolute Gasteiger partial charge is 0.291 e. The molecule has 0 atom stereocenters. The summed E-state index contributed by atoms with van der Waals surface area (Å²) in [7, 11) is 0. The highest BCUT2D eigenvalue weighted by Crippen LogP contribution is 2.28. The second kappa shape index (κ2) is 6.52. The summed E-state index contributed by atoms with van der Waals surface area (Å²) in [5.41, 5.74) is 5.24. The van der Waals surface area contributed by atoms with Crippen LogP contribution in [0.2, 0.25) is 0 Å². The SMILES string of the molecule is CCc1ccc2oc(-c3ccc(C)c(NC(=O)c4ccco4)c3)nc2c1. The van der Waals surface area contributed by atoms with E-state index in [0.717, 1.165) is 28.6 Å². The van der Waals surface area contributed by atoms with Gasteiger partial charge in [0.2, 0.25) is 5.89 Å². The Kier molecular flexibility index (Phi) is 4.05. The Morgan fingerprint density at radius 1 is 1.15 bits per heavy atom. The van der Waals surface area contributed by atoms with E-state index in [-0.39, 0.29) is 11.7 Å². The molecule has 1 amide bonds. The fourth-order valence-electron chi connectivity index (χ4n) is 2.80. The largest absolute Gasteiger partial charge is 0.459 e. The first-order chi connectivity index (χ1) is 12.6. The van der Waals surface area contributed by atoms with Gasteiger partial charge in [-0.3, -0.25) is 4.79 Å². The van der Waals surface area contributed by atoms with E-state index < -0.39 is 0 Å². The molecule has 0 spiro atoms. The van der Waals surface area contributed by atoms with Crippen LogP contribution in [0.4, 0.5) is 5.69 Å². The molecule has 1 N–H and O–H groups in total. The quantitative estimate of drug-likeness (QED) is 0.551. The zero-order valence-electron chi connectivity index (χ0n) is 14.6. The molecule has 0 fully saturated rings. The molecule has 2 aromatic carbocycles. The summed E-state index contributed by atoms with van der Waals surface area (Å²) in [6.45, 7) is 4.04. The van der Waals surface area contributed by atoms with Gasteiger partial charge in [-0.25, -0.2) is 4.98 Å². The highest BCUT2D eigenvalue weighted by molar-refractivity contribution is 6.03. The van der Waals surface area contributed by atoms with Crippen LogP contribution < -0.4 is 5.32 Å². The number of aryl methyl sites for hydroxylation is 2. The van der Waals surface area contributed by atoms with E-state index in [1.165, 1.54) is 11.8 Å². The van der Waals surface area contributed by atoms with E-state index >= 15 is 0 Å². The Morgan fingerprint density at radius 3 is 2.81 bits per heavy atom. The van der Waals surface area contributed by atoms with Crippen molar-refractivity contribution in [3.63, 3.8) is 0 Å². The third-order valence-corrected chi connectivity index (χ3v) is 4.34. The number of amides is 1. The lowest BCUT2D eigenvalue weighted by molar-refractivity contribution is 0.0996. The number of anilines is 1. The van der Waals surface area contributed by atoms with E-state index in [1.54, 1.807) is 12.1 Å². The molecule has 2 aromatic heterocycles. The predicted octanol–water partition coefficient (Wildman–Crippen LogP) is 5.21. The molecule has 0 aliphatic carbocycles. The number of aromatic nitrogens is 1. The number of nitrogens with one attached hydrogen (secondary N) is 1. The summed E-state index contributed by atoms with van der Waals surface area (Å²) in [5, 5.41) is 2.87. The Labute approximate surface area is 150 Å². The van der Waals surface area contributed by atoms with E-state index in [4.69, 9.17) is 8.83 Å². The number of nitrogens with zero attached hydrogens (tertiary/aromatic N) is 1. The van der Waals surface area contributed by atoms with Gasteiger partial charge < -0.3 is 14.2 Å². The molecule has 4 aromatic rings.